The summed E-state index contributed by atoms with van der Waals surface area (Å²) in [5.74, 6) is -3.02. The molecule has 2 aliphatic heterocycles. The van der Waals surface area contributed by atoms with Gasteiger partial charge in [0.25, 0.3) is 11.8 Å². The maximum atomic E-state index is 14.4. The second-order valence-electron chi connectivity index (χ2n) is 7.63. The minimum Gasteiger partial charge on any atom is -0.372 e. The van der Waals surface area contributed by atoms with Crippen LogP contribution in [0.1, 0.15) is 17.7 Å². The maximum absolute atomic E-state index is 14.4. The molecule has 0 bridgehead atoms. The summed E-state index contributed by atoms with van der Waals surface area (Å²) >= 11 is 1.29. The number of rotatable bonds is 5. The second-order valence-corrected chi connectivity index (χ2v) is 8.58. The lowest BCUT2D eigenvalue weighted by Crippen LogP contribution is -2.33. The van der Waals surface area contributed by atoms with Crippen molar-refractivity contribution >= 4 is 45.8 Å². The van der Waals surface area contributed by atoms with Crippen molar-refractivity contribution in [2.45, 2.75) is 12.8 Å². The van der Waals surface area contributed by atoms with Gasteiger partial charge in [0.15, 0.2) is 0 Å². The van der Waals surface area contributed by atoms with Gasteiger partial charge in [0.2, 0.25) is 0 Å². The summed E-state index contributed by atoms with van der Waals surface area (Å²) in [5, 5.41) is 4.84. The summed E-state index contributed by atoms with van der Waals surface area (Å²) in [4.78, 5) is 30.0. The highest BCUT2D eigenvalue weighted by Crippen LogP contribution is 2.37. The van der Waals surface area contributed by atoms with Gasteiger partial charge in [-0.1, -0.05) is 6.07 Å². The second kappa shape index (κ2) is 8.20. The Kier molecular flexibility index (Phi) is 5.22. The lowest BCUT2D eigenvalue weighted by Gasteiger charge is -2.18. The van der Waals surface area contributed by atoms with E-state index in [-0.39, 0.29) is 11.3 Å². The summed E-state index contributed by atoms with van der Waals surface area (Å²) in [6, 6.07) is 13.8. The molecule has 2 amide bonds. The van der Waals surface area contributed by atoms with Crippen LogP contribution < -0.4 is 15.1 Å². The number of nitrogens with zero attached hydrogens (tertiary/aromatic N) is 2. The Hall–Kier alpha value is -3.52. The van der Waals surface area contributed by atoms with Crippen molar-refractivity contribution in [3.8, 4) is 0 Å². The van der Waals surface area contributed by atoms with Gasteiger partial charge >= 0.3 is 0 Å². The van der Waals surface area contributed by atoms with Gasteiger partial charge < -0.3 is 10.2 Å². The first-order valence-corrected chi connectivity index (χ1v) is 11.1. The molecule has 0 saturated carbocycles. The maximum Gasteiger partial charge on any atom is 0.282 e. The van der Waals surface area contributed by atoms with Crippen molar-refractivity contribution in [3.05, 3.63) is 82.2 Å². The summed E-state index contributed by atoms with van der Waals surface area (Å²) < 4.78 is 28.2. The Morgan fingerprint density at radius 1 is 0.906 bits per heavy atom. The van der Waals surface area contributed by atoms with E-state index in [1.54, 1.807) is 17.5 Å². The van der Waals surface area contributed by atoms with E-state index in [4.69, 9.17) is 0 Å². The van der Waals surface area contributed by atoms with E-state index in [2.05, 4.69) is 10.2 Å². The van der Waals surface area contributed by atoms with E-state index in [9.17, 15) is 18.4 Å². The monoisotopic (exact) mass is 451 g/mol. The third-order valence-electron chi connectivity index (χ3n) is 5.61. The fraction of sp³-hybridized carbons (Fsp3) is 0.167. The molecule has 0 radical (unpaired) electrons. The van der Waals surface area contributed by atoms with Crippen LogP contribution in [-0.2, 0) is 9.59 Å². The third-order valence-corrected chi connectivity index (χ3v) is 6.50. The molecule has 3 heterocycles. The molecule has 32 heavy (non-hydrogen) atoms. The summed E-state index contributed by atoms with van der Waals surface area (Å²) in [6.45, 7) is 2.03. The molecule has 1 saturated heterocycles. The molecule has 0 spiro atoms. The van der Waals surface area contributed by atoms with Crippen LogP contribution >= 0.6 is 11.3 Å². The first-order valence-electron chi connectivity index (χ1n) is 10.3. The molecule has 1 fully saturated rings. The molecule has 1 aromatic heterocycles. The van der Waals surface area contributed by atoms with Crippen molar-refractivity contribution in [1.82, 2.24) is 0 Å². The molecular weight excluding hydrogens is 432 g/mol. The largest absolute Gasteiger partial charge is 0.372 e. The van der Waals surface area contributed by atoms with Gasteiger partial charge in [0, 0.05) is 35.4 Å². The summed E-state index contributed by atoms with van der Waals surface area (Å²) in [7, 11) is 0. The Balaban J connectivity index is 1.51. The lowest BCUT2D eigenvalue weighted by molar-refractivity contribution is -0.120. The zero-order chi connectivity index (χ0) is 22.2. The number of benzene rings is 2. The van der Waals surface area contributed by atoms with Crippen LogP contribution in [0.3, 0.4) is 0 Å². The van der Waals surface area contributed by atoms with Gasteiger partial charge in [-0.2, -0.15) is 0 Å². The molecule has 5 rings (SSSR count). The summed E-state index contributed by atoms with van der Waals surface area (Å²) in [6.07, 6.45) is 2.33. The molecule has 2 aliphatic rings. The number of amides is 2. The van der Waals surface area contributed by atoms with E-state index in [1.807, 2.05) is 24.3 Å². The van der Waals surface area contributed by atoms with Crippen LogP contribution in [0.25, 0.3) is 5.57 Å². The third kappa shape index (κ3) is 3.56. The molecule has 8 heteroatoms. The number of thiophene rings is 1. The van der Waals surface area contributed by atoms with Gasteiger partial charge in [-0.25, -0.2) is 13.7 Å². The van der Waals surface area contributed by atoms with Crippen LogP contribution in [0.2, 0.25) is 0 Å². The molecule has 0 aliphatic carbocycles. The van der Waals surface area contributed by atoms with Gasteiger partial charge in [0.05, 0.1) is 11.3 Å². The van der Waals surface area contributed by atoms with Crippen LogP contribution in [0.4, 0.5) is 25.8 Å². The number of anilines is 3. The number of imide groups is 1. The molecule has 162 valence electrons. The lowest BCUT2D eigenvalue weighted by atomic mass is 10.1. The Morgan fingerprint density at radius 3 is 2.34 bits per heavy atom. The average molecular weight is 451 g/mol. The van der Waals surface area contributed by atoms with Crippen LogP contribution in [0.15, 0.2) is 65.7 Å². The Bertz CT molecular complexity index is 1220. The zero-order valence-electron chi connectivity index (χ0n) is 17.0. The van der Waals surface area contributed by atoms with Crippen LogP contribution in [0.5, 0.6) is 0 Å². The number of halogens is 2. The van der Waals surface area contributed by atoms with E-state index in [0.717, 1.165) is 37.0 Å². The van der Waals surface area contributed by atoms with Crippen molar-refractivity contribution < 1.29 is 18.4 Å². The quantitative estimate of drug-likeness (QED) is 0.554. The molecule has 0 atom stereocenters. The van der Waals surface area contributed by atoms with Crippen molar-refractivity contribution in [1.29, 1.82) is 0 Å². The van der Waals surface area contributed by atoms with Crippen molar-refractivity contribution in [2.75, 3.05) is 28.2 Å². The standard InChI is InChI=1S/C24H19F2N3O2S/c25-15-5-10-18(26)19(14-15)29-23(30)21(20-4-3-13-32-20)22(24(29)31)27-16-6-8-17(9-7-16)28-11-1-2-12-28/h3-10,13-14,27H,1-2,11-12H2. The average Bonchev–Trinajstić information content (AvgIpc) is 3.54. The zero-order valence-corrected chi connectivity index (χ0v) is 17.8. The van der Waals surface area contributed by atoms with Gasteiger partial charge in [-0.05, 0) is 60.7 Å². The highest BCUT2D eigenvalue weighted by molar-refractivity contribution is 7.11. The number of hydrogen-bond donors (Lipinski definition) is 1. The number of nitrogens with one attached hydrogen (secondary N) is 1. The summed E-state index contributed by atoms with van der Waals surface area (Å²) in [5.41, 5.74) is 1.49. The molecule has 1 N–H and O–H groups in total. The van der Waals surface area contributed by atoms with Gasteiger partial charge in [-0.15, -0.1) is 11.3 Å². The first kappa shape index (κ1) is 20.4. The van der Waals surface area contributed by atoms with E-state index < -0.39 is 29.1 Å². The van der Waals surface area contributed by atoms with Crippen LogP contribution in [0, 0.1) is 11.6 Å². The Morgan fingerprint density at radius 2 is 1.66 bits per heavy atom. The minimum absolute atomic E-state index is 0.0371. The minimum atomic E-state index is -0.852. The molecule has 0 unspecified atom stereocenters. The van der Waals surface area contributed by atoms with Crippen molar-refractivity contribution in [3.63, 3.8) is 0 Å². The smallest absolute Gasteiger partial charge is 0.282 e. The van der Waals surface area contributed by atoms with E-state index in [1.165, 1.54) is 24.2 Å². The molecule has 5 nitrogen and oxygen atoms in total. The highest BCUT2D eigenvalue weighted by Gasteiger charge is 2.42. The first-order chi connectivity index (χ1) is 15.5. The van der Waals surface area contributed by atoms with Gasteiger partial charge in [-0.3, -0.25) is 9.59 Å². The molecule has 2 aromatic carbocycles. The fourth-order valence-electron chi connectivity index (χ4n) is 4.05. The normalized spacial score (nSPS) is 16.4. The van der Waals surface area contributed by atoms with Gasteiger partial charge in [0.1, 0.15) is 17.3 Å². The number of carbonyl (C=O) groups excluding carboxylic acids is 2. The molecule has 3 aromatic rings. The van der Waals surface area contributed by atoms with E-state index >= 15 is 0 Å². The van der Waals surface area contributed by atoms with Crippen molar-refractivity contribution in [2.24, 2.45) is 0 Å². The predicted octanol–water partition coefficient (Wildman–Crippen LogP) is 5.02. The topological polar surface area (TPSA) is 52.7 Å². The van der Waals surface area contributed by atoms with Crippen LogP contribution in [-0.4, -0.2) is 24.9 Å². The highest BCUT2D eigenvalue weighted by atomic mass is 32.1. The predicted molar refractivity (Wildman–Crippen MR) is 122 cm³/mol. The Labute approximate surface area is 187 Å². The molecular formula is C24H19F2N3O2S. The SMILES string of the molecule is O=C1C(Nc2ccc(N3CCCC3)cc2)=C(c2cccs2)C(=O)N1c1cc(F)ccc1F. The number of carbonyl (C=O) groups is 2. The fourth-order valence-corrected chi connectivity index (χ4v) is 4.81. The van der Waals surface area contributed by atoms with E-state index in [0.29, 0.717) is 15.5 Å². The number of hydrogen-bond acceptors (Lipinski definition) is 5.